The molecule has 6 nitrogen and oxygen atoms in total. The number of fused-ring (bicyclic) bond motifs is 3. The second-order valence-electron chi connectivity index (χ2n) is 7.67. The van der Waals surface area contributed by atoms with Crippen LogP contribution in [0.25, 0.3) is 21.1 Å². The van der Waals surface area contributed by atoms with Crippen molar-refractivity contribution in [1.29, 1.82) is 0 Å². The van der Waals surface area contributed by atoms with Crippen LogP contribution in [-0.2, 0) is 6.67 Å². The quantitative estimate of drug-likeness (QED) is 0.299. The fraction of sp³-hybridized carbons (Fsp3) is 0.0800. The molecule has 3 aromatic heterocycles. The highest BCUT2D eigenvalue weighted by Crippen LogP contribution is 2.32. The van der Waals surface area contributed by atoms with Crippen LogP contribution in [0.5, 0.6) is 0 Å². The molecule has 0 radical (unpaired) electrons. The highest BCUT2D eigenvalue weighted by atomic mass is 32.1. The largest absolute Gasteiger partial charge is 0.346 e. The molecule has 0 saturated heterocycles. The van der Waals surface area contributed by atoms with E-state index < -0.39 is 6.67 Å². The third-order valence-corrected chi connectivity index (χ3v) is 6.56. The summed E-state index contributed by atoms with van der Waals surface area (Å²) in [7, 11) is 0. The fourth-order valence-corrected chi connectivity index (χ4v) is 4.68. The van der Waals surface area contributed by atoms with Crippen LogP contribution < -0.4 is 10.6 Å². The Labute approximate surface area is 192 Å². The van der Waals surface area contributed by atoms with Gasteiger partial charge in [0.15, 0.2) is 0 Å². The van der Waals surface area contributed by atoms with Crippen molar-refractivity contribution in [2.24, 2.45) is 0 Å². The number of nitrogens with one attached hydrogen (secondary N) is 3. The molecule has 0 saturated carbocycles. The van der Waals surface area contributed by atoms with Gasteiger partial charge in [0.1, 0.15) is 12.3 Å². The summed E-state index contributed by atoms with van der Waals surface area (Å²) < 4.78 is 13.9. The molecule has 164 valence electrons. The Kier molecular flexibility index (Phi) is 5.35. The number of pyridine rings is 1. The maximum Gasteiger partial charge on any atom is 0.265 e. The Balaban J connectivity index is 1.38. The van der Waals surface area contributed by atoms with Crippen LogP contribution >= 0.6 is 11.3 Å². The van der Waals surface area contributed by atoms with E-state index in [9.17, 15) is 14.0 Å². The van der Waals surface area contributed by atoms with Gasteiger partial charge in [0, 0.05) is 44.8 Å². The first-order chi connectivity index (χ1) is 16.0. The predicted octanol–water partition coefficient (Wildman–Crippen LogP) is 6.06. The van der Waals surface area contributed by atoms with Gasteiger partial charge >= 0.3 is 0 Å². The van der Waals surface area contributed by atoms with E-state index in [2.05, 4.69) is 20.6 Å². The maximum atomic E-state index is 13.0. The van der Waals surface area contributed by atoms with Gasteiger partial charge in [0.05, 0.1) is 4.88 Å². The number of hydrogen-bond acceptors (Lipinski definition) is 4. The molecular weight excluding hydrogens is 439 g/mol. The zero-order valence-electron chi connectivity index (χ0n) is 17.6. The standard InChI is InChI=1S/C25H19FN4O2S/c1-14-5-6-16(24(31)29-18-4-2-3-15(9-18)12-26)10-20(14)30-25(32)21-11-17-13-28-23-19(7-8-27-23)22(17)33-21/h2-11,13H,12H2,1H3,(H,27,28)(H,29,31)(H,30,32). The molecule has 0 aliphatic heterocycles. The minimum Gasteiger partial charge on any atom is -0.346 e. The molecule has 3 heterocycles. The molecule has 2 aromatic carbocycles. The Morgan fingerprint density at radius 1 is 1.06 bits per heavy atom. The third-order valence-electron chi connectivity index (χ3n) is 5.37. The number of carbonyl (C=O) groups is 2. The molecule has 5 aromatic rings. The van der Waals surface area contributed by atoms with Crippen LogP contribution in [0.1, 0.15) is 31.2 Å². The molecule has 33 heavy (non-hydrogen) atoms. The number of nitrogens with zero attached hydrogens (tertiary/aromatic N) is 1. The van der Waals surface area contributed by atoms with Crippen LogP contribution in [0.15, 0.2) is 67.0 Å². The van der Waals surface area contributed by atoms with Gasteiger partial charge in [-0.3, -0.25) is 9.59 Å². The number of amides is 2. The summed E-state index contributed by atoms with van der Waals surface area (Å²) >= 11 is 1.40. The van der Waals surface area contributed by atoms with Crippen molar-refractivity contribution in [3.8, 4) is 0 Å². The number of anilines is 2. The van der Waals surface area contributed by atoms with E-state index in [0.29, 0.717) is 27.4 Å². The lowest BCUT2D eigenvalue weighted by molar-refractivity contribution is 0.101. The average Bonchev–Trinajstić information content (AvgIpc) is 3.47. The van der Waals surface area contributed by atoms with Gasteiger partial charge in [0.25, 0.3) is 11.8 Å². The van der Waals surface area contributed by atoms with E-state index in [1.165, 1.54) is 11.3 Å². The molecule has 3 N–H and O–H groups in total. The lowest BCUT2D eigenvalue weighted by Crippen LogP contribution is -2.15. The number of aromatic amines is 1. The molecule has 0 fully saturated rings. The number of thiophene rings is 1. The molecule has 0 spiro atoms. The van der Waals surface area contributed by atoms with E-state index in [4.69, 9.17) is 0 Å². The summed E-state index contributed by atoms with van der Waals surface area (Å²) in [4.78, 5) is 33.7. The van der Waals surface area contributed by atoms with Gasteiger partial charge in [-0.25, -0.2) is 9.37 Å². The summed E-state index contributed by atoms with van der Waals surface area (Å²) in [6.07, 6.45) is 3.57. The Hall–Kier alpha value is -4.04. The van der Waals surface area contributed by atoms with Crippen LogP contribution in [-0.4, -0.2) is 21.8 Å². The Bertz CT molecular complexity index is 1520. The number of benzene rings is 2. The van der Waals surface area contributed by atoms with Crippen LogP contribution in [0.3, 0.4) is 0 Å². The lowest BCUT2D eigenvalue weighted by atomic mass is 10.1. The van der Waals surface area contributed by atoms with Crippen LogP contribution in [0, 0.1) is 6.92 Å². The SMILES string of the molecule is Cc1ccc(C(=O)Nc2cccc(CF)c2)cc1NC(=O)c1cc2cnc3[nH]ccc3c2s1. The number of halogens is 1. The zero-order chi connectivity index (χ0) is 22.9. The topological polar surface area (TPSA) is 86.9 Å². The van der Waals surface area contributed by atoms with Crippen molar-refractivity contribution >= 4 is 55.6 Å². The van der Waals surface area contributed by atoms with Gasteiger partial charge in [-0.15, -0.1) is 11.3 Å². The van der Waals surface area contributed by atoms with E-state index in [1.807, 2.05) is 25.3 Å². The Morgan fingerprint density at radius 3 is 2.79 bits per heavy atom. The maximum absolute atomic E-state index is 13.0. The smallest absolute Gasteiger partial charge is 0.265 e. The molecule has 2 amide bonds. The monoisotopic (exact) mass is 458 g/mol. The van der Waals surface area contributed by atoms with Crippen LogP contribution in [0.2, 0.25) is 0 Å². The summed E-state index contributed by atoms with van der Waals surface area (Å²) in [5.74, 6) is -0.597. The molecule has 5 rings (SSSR count). The zero-order valence-corrected chi connectivity index (χ0v) is 18.4. The summed E-state index contributed by atoms with van der Waals surface area (Å²) in [6, 6.07) is 15.5. The number of aromatic nitrogens is 2. The predicted molar refractivity (Wildman–Crippen MR) is 130 cm³/mol. The molecule has 0 bridgehead atoms. The Morgan fingerprint density at radius 2 is 1.94 bits per heavy atom. The average molecular weight is 459 g/mol. The first-order valence-electron chi connectivity index (χ1n) is 10.3. The molecule has 0 unspecified atom stereocenters. The van der Waals surface area contributed by atoms with Crippen molar-refractivity contribution in [2.45, 2.75) is 13.6 Å². The van der Waals surface area contributed by atoms with E-state index >= 15 is 0 Å². The van der Waals surface area contributed by atoms with Gasteiger partial charge in [-0.2, -0.15) is 0 Å². The fourth-order valence-electron chi connectivity index (χ4n) is 3.63. The van der Waals surface area contributed by atoms with Crippen molar-refractivity contribution in [3.05, 3.63) is 88.6 Å². The van der Waals surface area contributed by atoms with Gasteiger partial charge in [-0.1, -0.05) is 18.2 Å². The van der Waals surface area contributed by atoms with Gasteiger partial charge in [-0.05, 0) is 54.4 Å². The molecule has 0 aliphatic rings. The molecule has 0 atom stereocenters. The number of H-pyrrole nitrogens is 1. The molecular formula is C25H19FN4O2S. The summed E-state index contributed by atoms with van der Waals surface area (Å²) in [5.41, 5.74) is 3.54. The van der Waals surface area contributed by atoms with Crippen LogP contribution in [0.4, 0.5) is 15.8 Å². The lowest BCUT2D eigenvalue weighted by Gasteiger charge is -2.11. The number of aryl methyl sites for hydroxylation is 1. The summed E-state index contributed by atoms with van der Waals surface area (Å²) in [5, 5.41) is 7.57. The summed E-state index contributed by atoms with van der Waals surface area (Å²) in [6.45, 7) is 1.26. The first-order valence-corrected chi connectivity index (χ1v) is 11.1. The number of rotatable bonds is 5. The van der Waals surface area contributed by atoms with Crippen molar-refractivity contribution in [3.63, 3.8) is 0 Å². The minimum absolute atomic E-state index is 0.254. The van der Waals surface area contributed by atoms with E-state index in [1.54, 1.807) is 48.7 Å². The number of alkyl halides is 1. The molecule has 0 aliphatic carbocycles. The van der Waals surface area contributed by atoms with E-state index in [0.717, 1.165) is 26.7 Å². The van der Waals surface area contributed by atoms with Crippen molar-refractivity contribution in [2.75, 3.05) is 10.6 Å². The first kappa shape index (κ1) is 20.8. The van der Waals surface area contributed by atoms with E-state index in [-0.39, 0.29) is 11.8 Å². The van der Waals surface area contributed by atoms with Crippen molar-refractivity contribution < 1.29 is 14.0 Å². The second-order valence-corrected chi connectivity index (χ2v) is 8.72. The minimum atomic E-state index is -0.603. The molecule has 8 heteroatoms. The second kappa shape index (κ2) is 8.48. The third kappa shape index (κ3) is 4.08. The number of hydrogen-bond donors (Lipinski definition) is 3. The number of carbonyl (C=O) groups excluding carboxylic acids is 2. The highest BCUT2D eigenvalue weighted by Gasteiger charge is 2.16. The highest BCUT2D eigenvalue weighted by molar-refractivity contribution is 7.21. The van der Waals surface area contributed by atoms with Gasteiger partial charge in [0.2, 0.25) is 0 Å². The van der Waals surface area contributed by atoms with Gasteiger partial charge < -0.3 is 15.6 Å². The van der Waals surface area contributed by atoms with Crippen molar-refractivity contribution in [1.82, 2.24) is 9.97 Å². The normalized spacial score (nSPS) is 11.1.